The molecule has 3 aromatic rings. The fourth-order valence-corrected chi connectivity index (χ4v) is 4.94. The van der Waals surface area contributed by atoms with Gasteiger partial charge in [0.2, 0.25) is 0 Å². The van der Waals surface area contributed by atoms with Gasteiger partial charge in [0.05, 0.1) is 26.1 Å². The molecular formula is C28H32N2O10S. The molecule has 13 heteroatoms. The third-order valence-corrected chi connectivity index (χ3v) is 6.97. The van der Waals surface area contributed by atoms with Crippen LogP contribution in [0.1, 0.15) is 29.8 Å². The summed E-state index contributed by atoms with van der Waals surface area (Å²) < 4.78 is 54.8. The fourth-order valence-electron chi connectivity index (χ4n) is 4.53. The highest BCUT2D eigenvalue weighted by Crippen LogP contribution is 2.42. The Hall–Kier alpha value is -3.62. The Balaban J connectivity index is 1.79. The second-order valence-electron chi connectivity index (χ2n) is 9.79. The van der Waals surface area contributed by atoms with Crippen molar-refractivity contribution in [2.75, 3.05) is 19.5 Å². The maximum Gasteiger partial charge on any atom is 0.330 e. The lowest BCUT2D eigenvalue weighted by Gasteiger charge is -2.34. The van der Waals surface area contributed by atoms with E-state index >= 15 is 0 Å². The van der Waals surface area contributed by atoms with Crippen LogP contribution in [-0.2, 0) is 51.3 Å². The van der Waals surface area contributed by atoms with Crippen LogP contribution in [0, 0.1) is 6.92 Å². The van der Waals surface area contributed by atoms with Gasteiger partial charge in [0.1, 0.15) is 18.3 Å². The zero-order valence-electron chi connectivity index (χ0n) is 22.8. The number of ether oxygens (including phenoxy) is 4. The molecule has 12 nitrogen and oxygen atoms in total. The summed E-state index contributed by atoms with van der Waals surface area (Å²) in [7, 11) is -3.98. The first-order valence-electron chi connectivity index (χ1n) is 12.8. The van der Waals surface area contributed by atoms with Gasteiger partial charge in [-0.05, 0) is 18.1 Å². The SMILES string of the molecule is CC(=O)O[C@H]1[C@@H](n2cc(C)c(=O)[nH]c2=O)O[C@@](COCc2ccccc2)(COS(C)(=O)=O)[C@H]1OCc1ccccc1. The normalized spacial score (nSPS) is 22.5. The standard InChI is InChI=1S/C28H32N2O10S/c1-19-14-30(27(33)29-25(19)32)26-23(39-20(2)31)24(37-16-22-12-8-5-9-13-22)28(40-26,18-38-41(3,34)35)17-36-15-21-10-6-4-7-11-21/h4-14,23-24,26H,15-18H2,1-3H3,(H,29,32,33)/t23-,24+,26+,28+/m1/s1. The minimum atomic E-state index is -3.98. The van der Waals surface area contributed by atoms with Gasteiger partial charge < -0.3 is 18.9 Å². The van der Waals surface area contributed by atoms with Gasteiger partial charge in [-0.1, -0.05) is 60.7 Å². The van der Waals surface area contributed by atoms with Crippen molar-refractivity contribution in [3.05, 3.63) is 104 Å². The Morgan fingerprint density at radius 2 is 1.61 bits per heavy atom. The zero-order valence-corrected chi connectivity index (χ0v) is 23.7. The number of nitrogens with zero attached hydrogens (tertiary/aromatic N) is 1. The van der Waals surface area contributed by atoms with Crippen LogP contribution in [0.25, 0.3) is 0 Å². The fraction of sp³-hybridized carbons (Fsp3) is 0.393. The van der Waals surface area contributed by atoms with Crippen LogP contribution < -0.4 is 11.2 Å². The van der Waals surface area contributed by atoms with E-state index in [4.69, 9.17) is 23.1 Å². The Kier molecular flexibility index (Phi) is 9.56. The van der Waals surface area contributed by atoms with Crippen molar-refractivity contribution in [1.29, 1.82) is 0 Å². The summed E-state index contributed by atoms with van der Waals surface area (Å²) in [5.41, 5.74) is -1.29. The van der Waals surface area contributed by atoms with Crippen LogP contribution in [0.15, 0.2) is 76.4 Å². The number of rotatable bonds is 12. The minimum absolute atomic E-state index is 0.0260. The number of esters is 1. The molecule has 1 aliphatic heterocycles. The van der Waals surface area contributed by atoms with Crippen LogP contribution >= 0.6 is 0 Å². The van der Waals surface area contributed by atoms with Crippen LogP contribution in [0.2, 0.25) is 0 Å². The second-order valence-corrected chi connectivity index (χ2v) is 11.4. The summed E-state index contributed by atoms with van der Waals surface area (Å²) in [6.45, 7) is 2.00. The number of aryl methyl sites for hydroxylation is 1. The van der Waals surface area contributed by atoms with Crippen molar-refractivity contribution in [2.45, 2.75) is 51.1 Å². The Bertz CT molecular complexity index is 1560. The van der Waals surface area contributed by atoms with Gasteiger partial charge in [0.15, 0.2) is 12.3 Å². The van der Waals surface area contributed by atoms with Crippen LogP contribution in [-0.4, -0.2) is 61.2 Å². The number of H-pyrrole nitrogens is 1. The number of aromatic nitrogens is 2. The van der Waals surface area contributed by atoms with Crippen molar-refractivity contribution in [3.63, 3.8) is 0 Å². The monoisotopic (exact) mass is 588 g/mol. The molecule has 0 amide bonds. The molecule has 1 N–H and O–H groups in total. The van der Waals surface area contributed by atoms with Crippen molar-refractivity contribution in [1.82, 2.24) is 9.55 Å². The molecule has 2 heterocycles. The third-order valence-electron chi connectivity index (χ3n) is 6.42. The van der Waals surface area contributed by atoms with E-state index in [9.17, 15) is 22.8 Å². The van der Waals surface area contributed by atoms with Gasteiger partial charge in [-0.25, -0.2) is 4.79 Å². The van der Waals surface area contributed by atoms with Crippen molar-refractivity contribution in [2.24, 2.45) is 0 Å². The largest absolute Gasteiger partial charge is 0.455 e. The Morgan fingerprint density at radius 1 is 1.00 bits per heavy atom. The number of benzene rings is 2. The zero-order chi connectivity index (χ0) is 29.6. The van der Waals surface area contributed by atoms with E-state index in [0.717, 1.165) is 21.9 Å². The quantitative estimate of drug-likeness (QED) is 0.245. The van der Waals surface area contributed by atoms with Gasteiger partial charge >= 0.3 is 11.7 Å². The number of carbonyl (C=O) groups is 1. The van der Waals surface area contributed by atoms with E-state index in [1.54, 1.807) is 0 Å². The first-order chi connectivity index (χ1) is 19.5. The maximum atomic E-state index is 12.9. The summed E-state index contributed by atoms with van der Waals surface area (Å²) in [5, 5.41) is 0. The molecule has 1 aromatic heterocycles. The summed E-state index contributed by atoms with van der Waals surface area (Å²) in [6, 6.07) is 18.4. The molecule has 4 rings (SSSR count). The number of carbonyl (C=O) groups excluding carboxylic acids is 1. The van der Waals surface area contributed by atoms with Gasteiger partial charge in [-0.15, -0.1) is 0 Å². The molecule has 2 aromatic carbocycles. The number of hydrogen-bond donors (Lipinski definition) is 1. The van der Waals surface area contributed by atoms with E-state index in [1.165, 1.54) is 20.0 Å². The molecule has 0 bridgehead atoms. The molecule has 1 fully saturated rings. The smallest absolute Gasteiger partial charge is 0.330 e. The van der Waals surface area contributed by atoms with E-state index < -0.39 is 58.0 Å². The van der Waals surface area contributed by atoms with E-state index in [2.05, 4.69) is 4.98 Å². The van der Waals surface area contributed by atoms with E-state index in [0.29, 0.717) is 0 Å². The van der Waals surface area contributed by atoms with Gasteiger partial charge in [0.25, 0.3) is 15.7 Å². The molecule has 1 aliphatic rings. The maximum absolute atomic E-state index is 12.9. The highest BCUT2D eigenvalue weighted by atomic mass is 32.2. The molecule has 0 aliphatic carbocycles. The molecule has 0 radical (unpaired) electrons. The van der Waals surface area contributed by atoms with E-state index in [1.807, 2.05) is 60.7 Å². The topological polar surface area (TPSA) is 152 Å². The summed E-state index contributed by atoms with van der Waals surface area (Å²) in [4.78, 5) is 39.5. The predicted molar refractivity (Wildman–Crippen MR) is 146 cm³/mol. The lowest BCUT2D eigenvalue weighted by atomic mass is 9.96. The summed E-state index contributed by atoms with van der Waals surface area (Å²) in [6.07, 6.45) is -1.60. The van der Waals surface area contributed by atoms with Gasteiger partial charge in [0, 0.05) is 18.7 Å². The number of hydrogen-bond acceptors (Lipinski definition) is 10. The lowest BCUT2D eigenvalue weighted by molar-refractivity contribution is -0.171. The van der Waals surface area contributed by atoms with E-state index in [-0.39, 0.29) is 25.4 Å². The minimum Gasteiger partial charge on any atom is -0.455 e. The molecule has 0 unspecified atom stereocenters. The first-order valence-corrected chi connectivity index (χ1v) is 14.6. The molecule has 220 valence electrons. The Labute approximate surface area is 236 Å². The predicted octanol–water partition coefficient (Wildman–Crippen LogP) is 1.82. The third kappa shape index (κ3) is 7.77. The van der Waals surface area contributed by atoms with Crippen molar-refractivity contribution in [3.8, 4) is 0 Å². The molecular weight excluding hydrogens is 556 g/mol. The second kappa shape index (κ2) is 12.9. The molecule has 41 heavy (non-hydrogen) atoms. The number of nitrogens with one attached hydrogen (secondary N) is 1. The summed E-state index contributed by atoms with van der Waals surface area (Å²) in [5.74, 6) is -0.698. The van der Waals surface area contributed by atoms with Gasteiger partial charge in [-0.3, -0.25) is 23.3 Å². The average Bonchev–Trinajstić information content (AvgIpc) is 3.21. The highest BCUT2D eigenvalue weighted by Gasteiger charge is 2.59. The first kappa shape index (κ1) is 30.3. The van der Waals surface area contributed by atoms with Crippen LogP contribution in [0.5, 0.6) is 0 Å². The van der Waals surface area contributed by atoms with Crippen molar-refractivity contribution < 1.29 is 36.3 Å². The summed E-state index contributed by atoms with van der Waals surface area (Å²) >= 11 is 0. The number of aromatic amines is 1. The highest BCUT2D eigenvalue weighted by molar-refractivity contribution is 7.85. The van der Waals surface area contributed by atoms with Gasteiger partial charge in [-0.2, -0.15) is 8.42 Å². The lowest BCUT2D eigenvalue weighted by Crippen LogP contribution is -2.53. The van der Waals surface area contributed by atoms with Crippen molar-refractivity contribution >= 4 is 16.1 Å². The Morgan fingerprint density at radius 3 is 2.20 bits per heavy atom. The van der Waals surface area contributed by atoms with Crippen LogP contribution in [0.4, 0.5) is 0 Å². The molecule has 0 saturated carbocycles. The van der Waals surface area contributed by atoms with Crippen LogP contribution in [0.3, 0.4) is 0 Å². The molecule has 0 spiro atoms. The molecule has 4 atom stereocenters. The average molecular weight is 589 g/mol. The molecule has 1 saturated heterocycles.